The molecule has 0 N–H and O–H groups in total. The second kappa shape index (κ2) is 26.4. The largest absolute Gasteiger partial charge is 2.00 e. The molecule has 0 saturated carbocycles. The first-order valence-corrected chi connectivity index (χ1v) is 25.3. The number of aromatic nitrogens is 2. The maximum absolute atomic E-state index is 13.1. The molecule has 0 spiro atoms. The van der Waals surface area contributed by atoms with E-state index in [2.05, 4.69) is 29.4 Å². The molecule has 2 aromatic heterocycles. The number of carbonyl (C=O) groups is 4. The van der Waals surface area contributed by atoms with Crippen molar-refractivity contribution in [2.24, 2.45) is 9.98 Å². The zero-order chi connectivity index (χ0) is 63.8. The number of aryl methyl sites for hydroxylation is 4. The predicted molar refractivity (Wildman–Crippen MR) is 283 cm³/mol. The molecule has 0 amide bonds. The number of aliphatic imine (C=N–C) groups is 2. The molecule has 463 valence electrons. The fraction of sp³-hybridized carbons (Fsp3) is 0.414. The van der Waals surface area contributed by atoms with Crippen LogP contribution in [0, 0.1) is 41.5 Å². The van der Waals surface area contributed by atoms with Crippen LogP contribution in [-0.2, 0) is 45.3 Å². The SMILES string of the molecule is COc1cc(C)ccc1/C(=C1/N=C(C)C(C(=O)OC(C(F)(F)F)C(F)(F)F)=C1C)c1[n-]c(C)c(C(=O)OC(C)C)c1C.COc1cc(C)ccc1/C(=C1/N=C(C)C(C(=O)OC(C(F)(F)F)C(F)(F)F)=C1C)c1[n-]c(C)c(C(=O)OC(C)C)c1C.[Co+2]. The van der Waals surface area contributed by atoms with Crippen LogP contribution in [0.2, 0.25) is 0 Å². The van der Waals surface area contributed by atoms with Gasteiger partial charge < -0.3 is 38.4 Å². The van der Waals surface area contributed by atoms with Crippen molar-refractivity contribution in [2.75, 3.05) is 14.2 Å². The van der Waals surface area contributed by atoms with Crippen LogP contribution in [0.25, 0.3) is 11.1 Å². The standard InChI is InChI=1S/2C29H30F6N2O5.Co/c2*1-12(2)41-25(38)20-14(4)23(36-16(20)6)22(18-10-9-13(3)11-19(18)40-8)24-15(5)21(17(7)37-24)26(39)42-27(28(30,31)32)29(33,34)35;/h2*9-12,27H,1-8H3,(H,36,37,38,39);/q;;+2/p-2. The molecule has 2 aromatic carbocycles. The van der Waals surface area contributed by atoms with Gasteiger partial charge in [-0.2, -0.15) is 52.7 Å². The first kappa shape index (κ1) is 69.9. The summed E-state index contributed by atoms with van der Waals surface area (Å²) in [6.45, 7) is 21.9. The van der Waals surface area contributed by atoms with E-state index in [1.165, 1.54) is 41.9 Å². The molecule has 2 aliphatic heterocycles. The van der Waals surface area contributed by atoms with Crippen molar-refractivity contribution in [2.45, 2.75) is 146 Å². The van der Waals surface area contributed by atoms with E-state index in [0.29, 0.717) is 45.1 Å². The quantitative estimate of drug-likeness (QED) is 0.0664. The van der Waals surface area contributed by atoms with Gasteiger partial charge in [0.05, 0.1) is 60.4 Å². The number of halogens is 12. The maximum Gasteiger partial charge on any atom is 2.00 e. The second-order valence-electron chi connectivity index (χ2n) is 20.0. The molecule has 0 atom stereocenters. The Morgan fingerprint density at radius 1 is 0.459 bits per heavy atom. The van der Waals surface area contributed by atoms with E-state index < -0.39 is 84.1 Å². The summed E-state index contributed by atoms with van der Waals surface area (Å²) in [4.78, 5) is 69.3. The van der Waals surface area contributed by atoms with Crippen LogP contribution in [0.5, 0.6) is 11.5 Å². The van der Waals surface area contributed by atoms with Crippen LogP contribution in [0.4, 0.5) is 52.7 Å². The Kier molecular flexibility index (Phi) is 21.7. The van der Waals surface area contributed by atoms with Gasteiger partial charge in [-0.15, -0.1) is 22.8 Å². The number of benzene rings is 2. The molecule has 0 fully saturated rings. The van der Waals surface area contributed by atoms with Gasteiger partial charge in [-0.25, -0.2) is 19.2 Å². The number of hydrogen-bond acceptors (Lipinski definition) is 12. The van der Waals surface area contributed by atoms with Crippen LogP contribution >= 0.6 is 0 Å². The van der Waals surface area contributed by atoms with E-state index in [4.69, 9.17) is 18.9 Å². The van der Waals surface area contributed by atoms with Gasteiger partial charge in [0.25, 0.3) is 12.2 Å². The fourth-order valence-corrected chi connectivity index (χ4v) is 9.23. The molecular weight excluding hydrogens is 1200 g/mol. The van der Waals surface area contributed by atoms with Gasteiger partial charge in [-0.3, -0.25) is 9.98 Å². The van der Waals surface area contributed by atoms with E-state index in [-0.39, 0.29) is 84.4 Å². The number of carbonyl (C=O) groups excluding carboxylic acids is 4. The molecular formula is C58H58CoF12N4O10. The minimum atomic E-state index is -5.89. The minimum Gasteiger partial charge on any atom is -0.660 e. The van der Waals surface area contributed by atoms with Crippen molar-refractivity contribution >= 4 is 46.4 Å². The molecule has 4 heterocycles. The summed E-state index contributed by atoms with van der Waals surface area (Å²) in [6, 6.07) is 10.2. The molecule has 27 heteroatoms. The van der Waals surface area contributed by atoms with Crippen molar-refractivity contribution in [3.63, 3.8) is 0 Å². The molecule has 4 aromatic rings. The summed E-state index contributed by atoms with van der Waals surface area (Å²) in [5.41, 5.74) is 3.62. The number of hydrogen-bond donors (Lipinski definition) is 0. The summed E-state index contributed by atoms with van der Waals surface area (Å²) in [5.74, 6) is -4.27. The fourth-order valence-electron chi connectivity index (χ4n) is 9.23. The Hall–Kier alpha value is -7.55. The van der Waals surface area contributed by atoms with Gasteiger partial charge in [0.2, 0.25) is 0 Å². The number of alkyl halides is 12. The molecule has 0 unspecified atom stereocenters. The number of rotatable bonds is 14. The first-order chi connectivity index (χ1) is 38.6. The van der Waals surface area contributed by atoms with Gasteiger partial charge in [-0.1, -0.05) is 49.2 Å². The Morgan fingerprint density at radius 2 is 0.753 bits per heavy atom. The summed E-state index contributed by atoms with van der Waals surface area (Å²) in [5, 5.41) is 0. The van der Waals surface area contributed by atoms with Crippen molar-refractivity contribution in [1.82, 2.24) is 9.97 Å². The number of allylic oxidation sites excluding steroid dienone is 2. The van der Waals surface area contributed by atoms with E-state index >= 15 is 0 Å². The Bertz CT molecular complexity index is 3220. The third-order valence-corrected chi connectivity index (χ3v) is 12.8. The molecule has 0 saturated heterocycles. The normalized spacial score (nSPS) is 15.2. The van der Waals surface area contributed by atoms with Crippen LogP contribution in [0.15, 0.2) is 80.1 Å². The second-order valence-corrected chi connectivity index (χ2v) is 20.0. The predicted octanol–water partition coefficient (Wildman–Crippen LogP) is 13.5. The van der Waals surface area contributed by atoms with Gasteiger partial charge in [0.15, 0.2) is 0 Å². The zero-order valence-electron chi connectivity index (χ0n) is 48.5. The molecule has 1 radical (unpaired) electrons. The average Bonchev–Trinajstić information content (AvgIpc) is 2.26. The van der Waals surface area contributed by atoms with Crippen LogP contribution < -0.4 is 19.4 Å². The molecule has 6 rings (SSSR count). The summed E-state index contributed by atoms with van der Waals surface area (Å²) in [7, 11) is 2.82. The van der Waals surface area contributed by atoms with E-state index in [1.807, 2.05) is 13.8 Å². The topological polar surface area (TPSA) is 177 Å². The molecule has 14 nitrogen and oxygen atoms in total. The Balaban J connectivity index is 0.000000360. The zero-order valence-corrected chi connectivity index (χ0v) is 49.6. The van der Waals surface area contributed by atoms with Crippen molar-refractivity contribution in [3.05, 3.63) is 137 Å². The minimum absolute atomic E-state index is 0. The smallest absolute Gasteiger partial charge is 0.660 e. The van der Waals surface area contributed by atoms with Gasteiger partial charge in [-0.05, 0) is 129 Å². The third-order valence-electron chi connectivity index (χ3n) is 12.8. The van der Waals surface area contributed by atoms with E-state index in [0.717, 1.165) is 11.1 Å². The van der Waals surface area contributed by atoms with Crippen molar-refractivity contribution in [1.29, 1.82) is 0 Å². The molecule has 0 aliphatic carbocycles. The first-order valence-electron chi connectivity index (χ1n) is 25.3. The van der Waals surface area contributed by atoms with Crippen LogP contribution in [0.3, 0.4) is 0 Å². The van der Waals surface area contributed by atoms with Gasteiger partial charge in [0.1, 0.15) is 11.5 Å². The van der Waals surface area contributed by atoms with Crippen LogP contribution in [0.1, 0.15) is 132 Å². The monoisotopic (exact) mass is 1260 g/mol. The maximum atomic E-state index is 13.1. The van der Waals surface area contributed by atoms with Gasteiger partial charge >= 0.3 is 65.4 Å². The number of nitrogens with zero attached hydrogens (tertiary/aromatic N) is 4. The van der Waals surface area contributed by atoms with Crippen LogP contribution in [-0.4, -0.2) is 98.6 Å². The number of methoxy groups -OCH3 is 2. The summed E-state index contributed by atoms with van der Waals surface area (Å²) < 4.78 is 187. The molecule has 85 heavy (non-hydrogen) atoms. The van der Waals surface area contributed by atoms with Gasteiger partial charge in [0, 0.05) is 22.3 Å². The number of ether oxygens (including phenoxy) is 6. The van der Waals surface area contributed by atoms with Crippen molar-refractivity contribution in [3.8, 4) is 11.5 Å². The average molecular weight is 1260 g/mol. The van der Waals surface area contributed by atoms with E-state index in [1.54, 1.807) is 91.8 Å². The summed E-state index contributed by atoms with van der Waals surface area (Å²) >= 11 is 0. The Morgan fingerprint density at radius 3 is 1.01 bits per heavy atom. The number of esters is 4. The molecule has 2 aliphatic rings. The van der Waals surface area contributed by atoms with E-state index in [9.17, 15) is 71.9 Å². The molecule has 0 bridgehead atoms. The third kappa shape index (κ3) is 15.3. The summed E-state index contributed by atoms with van der Waals surface area (Å²) in [6.07, 6.45) is -33.1. The Labute approximate surface area is 491 Å². The van der Waals surface area contributed by atoms with Crippen molar-refractivity contribution < 1.29 is 117 Å².